The molecule has 0 saturated carbocycles. The maximum Gasteiger partial charge on any atom is 0.256 e. The van der Waals surface area contributed by atoms with Crippen molar-refractivity contribution >= 4 is 21.6 Å². The summed E-state index contributed by atoms with van der Waals surface area (Å²) in [7, 11) is -3.34. The van der Waals surface area contributed by atoms with Crippen LogP contribution in [0.1, 0.15) is 30.6 Å². The molecule has 0 unspecified atom stereocenters. The number of benzene rings is 1. The first-order chi connectivity index (χ1) is 12.2. The van der Waals surface area contributed by atoms with Crippen molar-refractivity contribution in [1.82, 2.24) is 10.3 Å². The Morgan fingerprint density at radius 2 is 1.88 bits per heavy atom. The van der Waals surface area contributed by atoms with E-state index in [0.29, 0.717) is 29.5 Å². The second-order valence-electron chi connectivity index (χ2n) is 6.30. The third kappa shape index (κ3) is 6.36. The molecule has 0 atom stereocenters. The molecule has 0 fully saturated rings. The van der Waals surface area contributed by atoms with Gasteiger partial charge in [0.25, 0.3) is 5.91 Å². The van der Waals surface area contributed by atoms with Crippen LogP contribution in [0.5, 0.6) is 11.6 Å². The van der Waals surface area contributed by atoms with Gasteiger partial charge in [0.2, 0.25) is 15.9 Å². The smallest absolute Gasteiger partial charge is 0.256 e. The SMILES string of the molecule is CC(C)CCNC(=O)c1cccnc1Oc1ccc(NS(C)(=O)=O)cc1. The summed E-state index contributed by atoms with van der Waals surface area (Å²) in [6, 6.07) is 9.66. The maximum atomic E-state index is 12.3. The van der Waals surface area contributed by atoms with Gasteiger partial charge in [-0.25, -0.2) is 13.4 Å². The average Bonchev–Trinajstić information content (AvgIpc) is 2.55. The Balaban J connectivity index is 2.09. The Labute approximate surface area is 153 Å². The normalized spacial score (nSPS) is 11.2. The fourth-order valence-electron chi connectivity index (χ4n) is 2.13. The lowest BCUT2D eigenvalue weighted by Crippen LogP contribution is -2.25. The van der Waals surface area contributed by atoms with E-state index in [1.165, 1.54) is 0 Å². The van der Waals surface area contributed by atoms with Gasteiger partial charge < -0.3 is 10.1 Å². The average molecular weight is 377 g/mol. The van der Waals surface area contributed by atoms with Crippen molar-refractivity contribution in [3.8, 4) is 11.6 Å². The molecule has 2 aromatic rings. The van der Waals surface area contributed by atoms with Crippen LogP contribution in [0.4, 0.5) is 5.69 Å². The van der Waals surface area contributed by atoms with Crippen LogP contribution >= 0.6 is 0 Å². The van der Waals surface area contributed by atoms with E-state index < -0.39 is 10.0 Å². The van der Waals surface area contributed by atoms with E-state index in [2.05, 4.69) is 28.9 Å². The van der Waals surface area contributed by atoms with Gasteiger partial charge >= 0.3 is 0 Å². The molecule has 0 bridgehead atoms. The number of rotatable bonds is 8. The van der Waals surface area contributed by atoms with Crippen LogP contribution in [0.25, 0.3) is 0 Å². The zero-order valence-electron chi connectivity index (χ0n) is 15.0. The molecule has 8 heteroatoms. The minimum atomic E-state index is -3.34. The fourth-order valence-corrected chi connectivity index (χ4v) is 2.70. The van der Waals surface area contributed by atoms with E-state index in [-0.39, 0.29) is 11.8 Å². The highest BCUT2D eigenvalue weighted by molar-refractivity contribution is 7.92. The van der Waals surface area contributed by atoms with Gasteiger partial charge in [-0.2, -0.15) is 0 Å². The summed E-state index contributed by atoms with van der Waals surface area (Å²) < 4.78 is 30.5. The predicted octanol–water partition coefficient (Wildman–Crippen LogP) is 3.02. The molecule has 1 amide bonds. The summed E-state index contributed by atoms with van der Waals surface area (Å²) in [6.45, 7) is 4.76. The Hall–Kier alpha value is -2.61. The number of amides is 1. The van der Waals surface area contributed by atoms with E-state index in [1.54, 1.807) is 42.6 Å². The first-order valence-corrected chi connectivity index (χ1v) is 10.1. The van der Waals surface area contributed by atoms with Crippen LogP contribution in [0.3, 0.4) is 0 Å². The molecular weight excluding hydrogens is 354 g/mol. The van der Waals surface area contributed by atoms with Crippen LogP contribution < -0.4 is 14.8 Å². The summed E-state index contributed by atoms with van der Waals surface area (Å²) in [5, 5.41) is 2.86. The monoisotopic (exact) mass is 377 g/mol. The van der Waals surface area contributed by atoms with Gasteiger partial charge in [-0.15, -0.1) is 0 Å². The molecule has 26 heavy (non-hydrogen) atoms. The third-order valence-corrected chi connectivity index (χ3v) is 4.00. The molecule has 0 aliphatic rings. The van der Waals surface area contributed by atoms with Crippen molar-refractivity contribution in [3.63, 3.8) is 0 Å². The number of ether oxygens (including phenoxy) is 1. The standard InChI is InChI=1S/C18H23N3O4S/c1-13(2)10-12-19-17(22)16-5-4-11-20-18(16)25-15-8-6-14(7-9-15)21-26(3,23)24/h4-9,11,13,21H,10,12H2,1-3H3,(H,19,22). The minimum Gasteiger partial charge on any atom is -0.438 e. The highest BCUT2D eigenvalue weighted by Gasteiger charge is 2.14. The van der Waals surface area contributed by atoms with Crippen molar-refractivity contribution in [2.24, 2.45) is 5.92 Å². The number of pyridine rings is 1. The molecule has 2 rings (SSSR count). The number of aromatic nitrogens is 1. The molecular formula is C18H23N3O4S. The number of sulfonamides is 1. The van der Waals surface area contributed by atoms with Gasteiger partial charge in [-0.3, -0.25) is 9.52 Å². The van der Waals surface area contributed by atoms with Crippen LogP contribution in [-0.4, -0.2) is 32.1 Å². The van der Waals surface area contributed by atoms with Crippen molar-refractivity contribution in [2.45, 2.75) is 20.3 Å². The van der Waals surface area contributed by atoms with E-state index in [4.69, 9.17) is 4.74 Å². The summed E-state index contributed by atoms with van der Waals surface area (Å²) in [5.41, 5.74) is 0.766. The Morgan fingerprint density at radius 1 is 1.19 bits per heavy atom. The molecule has 140 valence electrons. The van der Waals surface area contributed by atoms with Crippen LogP contribution in [-0.2, 0) is 10.0 Å². The molecule has 1 heterocycles. The van der Waals surface area contributed by atoms with Crippen LogP contribution in [0, 0.1) is 5.92 Å². The Kier molecular flexibility index (Phi) is 6.57. The third-order valence-electron chi connectivity index (χ3n) is 3.40. The quantitative estimate of drug-likeness (QED) is 0.737. The maximum absolute atomic E-state index is 12.3. The molecule has 0 saturated heterocycles. The molecule has 1 aromatic heterocycles. The van der Waals surface area contributed by atoms with Crippen LogP contribution in [0.2, 0.25) is 0 Å². The number of hydrogen-bond acceptors (Lipinski definition) is 5. The number of carbonyl (C=O) groups excluding carboxylic acids is 1. The van der Waals surface area contributed by atoms with Gasteiger partial charge in [-0.1, -0.05) is 13.8 Å². The Morgan fingerprint density at radius 3 is 2.50 bits per heavy atom. The first-order valence-electron chi connectivity index (χ1n) is 8.23. The van der Waals surface area contributed by atoms with Gasteiger partial charge in [0.15, 0.2) is 0 Å². The second-order valence-corrected chi connectivity index (χ2v) is 8.04. The van der Waals surface area contributed by atoms with Gasteiger partial charge in [0.1, 0.15) is 11.3 Å². The molecule has 1 aromatic carbocycles. The van der Waals surface area contributed by atoms with E-state index in [0.717, 1.165) is 12.7 Å². The zero-order chi connectivity index (χ0) is 19.2. The number of carbonyl (C=O) groups is 1. The summed E-state index contributed by atoms with van der Waals surface area (Å²) in [6.07, 6.45) is 3.51. The van der Waals surface area contributed by atoms with Gasteiger partial charge in [0.05, 0.1) is 6.26 Å². The highest BCUT2D eigenvalue weighted by Crippen LogP contribution is 2.24. The fraction of sp³-hybridized carbons (Fsp3) is 0.333. The lowest BCUT2D eigenvalue weighted by Gasteiger charge is -2.11. The van der Waals surface area contributed by atoms with Crippen LogP contribution in [0.15, 0.2) is 42.6 Å². The lowest BCUT2D eigenvalue weighted by atomic mass is 10.1. The number of nitrogens with one attached hydrogen (secondary N) is 2. The lowest BCUT2D eigenvalue weighted by molar-refractivity contribution is 0.0949. The topological polar surface area (TPSA) is 97.4 Å². The summed E-state index contributed by atoms with van der Waals surface area (Å²) >= 11 is 0. The minimum absolute atomic E-state index is 0.193. The predicted molar refractivity (Wildman–Crippen MR) is 101 cm³/mol. The number of anilines is 1. The van der Waals surface area contributed by atoms with E-state index in [1.807, 2.05) is 0 Å². The largest absolute Gasteiger partial charge is 0.438 e. The van der Waals surface area contributed by atoms with Crippen molar-refractivity contribution in [2.75, 3.05) is 17.5 Å². The van der Waals surface area contributed by atoms with E-state index in [9.17, 15) is 13.2 Å². The molecule has 0 aliphatic heterocycles. The van der Waals surface area contributed by atoms with E-state index >= 15 is 0 Å². The summed E-state index contributed by atoms with van der Waals surface area (Å²) in [4.78, 5) is 16.5. The molecule has 7 nitrogen and oxygen atoms in total. The zero-order valence-corrected chi connectivity index (χ0v) is 15.8. The Bertz CT molecular complexity index is 849. The molecule has 0 aliphatic carbocycles. The number of nitrogens with zero attached hydrogens (tertiary/aromatic N) is 1. The molecule has 0 spiro atoms. The number of hydrogen-bond donors (Lipinski definition) is 2. The van der Waals surface area contributed by atoms with Crippen molar-refractivity contribution in [1.29, 1.82) is 0 Å². The van der Waals surface area contributed by atoms with Gasteiger partial charge in [-0.05, 0) is 48.7 Å². The van der Waals surface area contributed by atoms with Gasteiger partial charge in [0, 0.05) is 18.4 Å². The van der Waals surface area contributed by atoms with Crippen molar-refractivity contribution < 1.29 is 17.9 Å². The molecule has 0 radical (unpaired) electrons. The highest BCUT2D eigenvalue weighted by atomic mass is 32.2. The summed E-state index contributed by atoms with van der Waals surface area (Å²) in [5.74, 6) is 0.889. The van der Waals surface area contributed by atoms with Crippen molar-refractivity contribution in [3.05, 3.63) is 48.2 Å². The molecule has 2 N–H and O–H groups in total. The first kappa shape index (κ1) is 19.7. The second kappa shape index (κ2) is 8.66.